The summed E-state index contributed by atoms with van der Waals surface area (Å²) < 4.78 is 0. The molecule has 3 rings (SSSR count). The van der Waals surface area contributed by atoms with Gasteiger partial charge >= 0.3 is 0 Å². The SMILES string of the molecule is Cc1ccc(NC(=O)c2[nH]c3ccc(C)cc3c2C)c(O)c1. The third-order valence-electron chi connectivity index (χ3n) is 3.84. The number of aromatic amines is 1. The molecular weight excluding hydrogens is 276 g/mol. The standard InChI is InChI=1S/C18H18N2O2/c1-10-4-6-14-13(8-10)12(3)17(19-14)18(22)20-15-7-5-11(2)9-16(15)21/h4-9,19,21H,1-3H3,(H,20,22). The van der Waals surface area contributed by atoms with Crippen LogP contribution >= 0.6 is 0 Å². The predicted octanol–water partition coefficient (Wildman–Crippen LogP) is 4.05. The molecule has 0 unspecified atom stereocenters. The molecule has 1 heterocycles. The number of H-pyrrole nitrogens is 1. The molecule has 0 saturated carbocycles. The Morgan fingerprint density at radius 1 is 1.05 bits per heavy atom. The minimum atomic E-state index is -0.259. The van der Waals surface area contributed by atoms with Gasteiger partial charge < -0.3 is 15.4 Å². The van der Waals surface area contributed by atoms with Crippen LogP contribution in [0.3, 0.4) is 0 Å². The first-order valence-corrected chi connectivity index (χ1v) is 7.15. The number of aromatic nitrogens is 1. The number of hydrogen-bond donors (Lipinski definition) is 3. The van der Waals surface area contributed by atoms with Gasteiger partial charge in [0.15, 0.2) is 0 Å². The molecule has 0 aliphatic heterocycles. The zero-order valence-electron chi connectivity index (χ0n) is 12.8. The Bertz CT molecular complexity index is 878. The van der Waals surface area contributed by atoms with Crippen LogP contribution in [-0.2, 0) is 0 Å². The molecule has 0 bridgehead atoms. The third kappa shape index (κ3) is 2.44. The van der Waals surface area contributed by atoms with Crippen molar-refractivity contribution < 1.29 is 9.90 Å². The van der Waals surface area contributed by atoms with Crippen molar-refractivity contribution >= 4 is 22.5 Å². The van der Waals surface area contributed by atoms with E-state index in [2.05, 4.69) is 16.4 Å². The van der Waals surface area contributed by atoms with Crippen molar-refractivity contribution in [1.82, 2.24) is 4.98 Å². The zero-order valence-corrected chi connectivity index (χ0v) is 12.8. The fraction of sp³-hybridized carbons (Fsp3) is 0.167. The molecular formula is C18H18N2O2. The van der Waals surface area contributed by atoms with Crippen molar-refractivity contribution in [1.29, 1.82) is 0 Å². The Labute approximate surface area is 128 Å². The average Bonchev–Trinajstić information content (AvgIpc) is 2.79. The molecule has 112 valence electrons. The number of carbonyl (C=O) groups excluding carboxylic acids is 1. The van der Waals surface area contributed by atoms with Gasteiger partial charge in [0.25, 0.3) is 5.91 Å². The Morgan fingerprint density at radius 3 is 2.45 bits per heavy atom. The molecule has 4 heteroatoms. The number of hydrogen-bond acceptors (Lipinski definition) is 2. The highest BCUT2D eigenvalue weighted by Gasteiger charge is 2.16. The van der Waals surface area contributed by atoms with Gasteiger partial charge in [-0.3, -0.25) is 4.79 Å². The maximum atomic E-state index is 12.5. The van der Waals surface area contributed by atoms with Crippen LogP contribution in [0, 0.1) is 20.8 Å². The summed E-state index contributed by atoms with van der Waals surface area (Å²) in [5, 5.41) is 13.7. The molecule has 0 aliphatic rings. The van der Waals surface area contributed by atoms with Crippen LogP contribution in [0.15, 0.2) is 36.4 Å². The van der Waals surface area contributed by atoms with Crippen LogP contribution < -0.4 is 5.32 Å². The van der Waals surface area contributed by atoms with Gasteiger partial charge in [0, 0.05) is 10.9 Å². The summed E-state index contributed by atoms with van der Waals surface area (Å²) in [6.45, 7) is 5.83. The summed E-state index contributed by atoms with van der Waals surface area (Å²) in [7, 11) is 0. The second-order valence-electron chi connectivity index (χ2n) is 5.65. The van der Waals surface area contributed by atoms with E-state index < -0.39 is 0 Å². The highest BCUT2D eigenvalue weighted by atomic mass is 16.3. The van der Waals surface area contributed by atoms with Gasteiger partial charge in [0.1, 0.15) is 11.4 Å². The monoisotopic (exact) mass is 294 g/mol. The molecule has 22 heavy (non-hydrogen) atoms. The van der Waals surface area contributed by atoms with Crippen LogP contribution in [0.1, 0.15) is 27.2 Å². The highest BCUT2D eigenvalue weighted by molar-refractivity contribution is 6.08. The average molecular weight is 294 g/mol. The largest absolute Gasteiger partial charge is 0.506 e. The maximum Gasteiger partial charge on any atom is 0.272 e. The number of phenolic OH excluding ortho intramolecular Hbond substituents is 1. The number of carbonyl (C=O) groups is 1. The Hall–Kier alpha value is -2.75. The molecule has 2 aromatic carbocycles. The number of aryl methyl sites for hydroxylation is 3. The molecule has 3 aromatic rings. The Balaban J connectivity index is 1.97. The van der Waals surface area contributed by atoms with Crippen LogP contribution in [0.25, 0.3) is 10.9 Å². The quantitative estimate of drug-likeness (QED) is 0.624. The molecule has 0 spiro atoms. The van der Waals surface area contributed by atoms with E-state index in [0.29, 0.717) is 11.4 Å². The molecule has 4 nitrogen and oxygen atoms in total. The number of rotatable bonds is 2. The van der Waals surface area contributed by atoms with Gasteiger partial charge in [-0.1, -0.05) is 17.7 Å². The molecule has 0 aliphatic carbocycles. The first-order valence-electron chi connectivity index (χ1n) is 7.15. The number of anilines is 1. The number of amides is 1. The van der Waals surface area contributed by atoms with E-state index in [1.807, 2.05) is 39.0 Å². The van der Waals surface area contributed by atoms with E-state index in [0.717, 1.165) is 27.6 Å². The van der Waals surface area contributed by atoms with Gasteiger partial charge in [-0.05, 0) is 56.2 Å². The second-order valence-corrected chi connectivity index (χ2v) is 5.65. The molecule has 0 atom stereocenters. The van der Waals surface area contributed by atoms with Gasteiger partial charge in [0.2, 0.25) is 0 Å². The fourth-order valence-corrected chi connectivity index (χ4v) is 2.60. The van der Waals surface area contributed by atoms with Gasteiger partial charge in [0.05, 0.1) is 5.69 Å². The zero-order chi connectivity index (χ0) is 15.9. The molecule has 0 saturated heterocycles. The fourth-order valence-electron chi connectivity index (χ4n) is 2.60. The number of fused-ring (bicyclic) bond motifs is 1. The van der Waals surface area contributed by atoms with Gasteiger partial charge in [-0.15, -0.1) is 0 Å². The summed E-state index contributed by atoms with van der Waals surface area (Å²) in [4.78, 5) is 15.6. The summed E-state index contributed by atoms with van der Waals surface area (Å²) in [6.07, 6.45) is 0. The lowest BCUT2D eigenvalue weighted by molar-refractivity contribution is 0.102. The summed E-state index contributed by atoms with van der Waals surface area (Å²) >= 11 is 0. The topological polar surface area (TPSA) is 65.1 Å². The Kier molecular flexibility index (Phi) is 3.37. The van der Waals surface area contributed by atoms with Crippen molar-refractivity contribution in [3.8, 4) is 5.75 Å². The normalized spacial score (nSPS) is 10.9. The second kappa shape index (κ2) is 5.22. The van der Waals surface area contributed by atoms with E-state index in [1.165, 1.54) is 0 Å². The highest BCUT2D eigenvalue weighted by Crippen LogP contribution is 2.27. The van der Waals surface area contributed by atoms with Crippen LogP contribution in [0.2, 0.25) is 0 Å². The first-order chi connectivity index (χ1) is 10.5. The van der Waals surface area contributed by atoms with Crippen molar-refractivity contribution in [3.63, 3.8) is 0 Å². The lowest BCUT2D eigenvalue weighted by Gasteiger charge is -2.07. The smallest absolute Gasteiger partial charge is 0.272 e. The minimum absolute atomic E-state index is 0.0676. The first kappa shape index (κ1) is 14.2. The van der Waals surface area contributed by atoms with E-state index in [-0.39, 0.29) is 11.7 Å². The van der Waals surface area contributed by atoms with E-state index in [9.17, 15) is 9.90 Å². The van der Waals surface area contributed by atoms with Crippen molar-refractivity contribution in [2.24, 2.45) is 0 Å². The van der Waals surface area contributed by atoms with Crippen LogP contribution in [0.4, 0.5) is 5.69 Å². The minimum Gasteiger partial charge on any atom is -0.506 e. The van der Waals surface area contributed by atoms with Crippen LogP contribution in [-0.4, -0.2) is 16.0 Å². The van der Waals surface area contributed by atoms with E-state index in [1.54, 1.807) is 12.1 Å². The maximum absolute atomic E-state index is 12.5. The van der Waals surface area contributed by atoms with Crippen molar-refractivity contribution in [2.75, 3.05) is 5.32 Å². The van der Waals surface area contributed by atoms with Gasteiger partial charge in [-0.25, -0.2) is 0 Å². The van der Waals surface area contributed by atoms with E-state index in [4.69, 9.17) is 0 Å². The number of aromatic hydroxyl groups is 1. The molecule has 0 fully saturated rings. The summed E-state index contributed by atoms with van der Waals surface area (Å²) in [5.41, 5.74) is 4.85. The number of nitrogens with one attached hydrogen (secondary N) is 2. The number of phenols is 1. The van der Waals surface area contributed by atoms with E-state index >= 15 is 0 Å². The van der Waals surface area contributed by atoms with Gasteiger partial charge in [-0.2, -0.15) is 0 Å². The Morgan fingerprint density at radius 2 is 1.73 bits per heavy atom. The third-order valence-corrected chi connectivity index (χ3v) is 3.84. The summed E-state index contributed by atoms with van der Waals surface area (Å²) in [5.74, 6) is -0.191. The molecule has 1 aromatic heterocycles. The van der Waals surface area contributed by atoms with Crippen molar-refractivity contribution in [3.05, 3.63) is 58.8 Å². The molecule has 3 N–H and O–H groups in total. The lowest BCUT2D eigenvalue weighted by atomic mass is 10.1. The molecule has 1 amide bonds. The summed E-state index contributed by atoms with van der Waals surface area (Å²) in [6, 6.07) is 11.2. The van der Waals surface area contributed by atoms with Crippen molar-refractivity contribution in [2.45, 2.75) is 20.8 Å². The molecule has 0 radical (unpaired) electrons. The number of benzene rings is 2. The lowest BCUT2D eigenvalue weighted by Crippen LogP contribution is -2.13. The van der Waals surface area contributed by atoms with Crippen LogP contribution in [0.5, 0.6) is 5.75 Å². The predicted molar refractivity (Wildman–Crippen MR) is 88.6 cm³/mol.